The molecule has 1 aromatic carbocycles. The first-order chi connectivity index (χ1) is 8.65. The van der Waals surface area contributed by atoms with Crippen molar-refractivity contribution in [1.29, 1.82) is 0 Å². The zero-order valence-corrected chi connectivity index (χ0v) is 10.8. The summed E-state index contributed by atoms with van der Waals surface area (Å²) in [6.45, 7) is 0. The van der Waals surface area contributed by atoms with Gasteiger partial charge >= 0.3 is 0 Å². The molecular weight excluding hydrogens is 230 g/mol. The van der Waals surface area contributed by atoms with Crippen LogP contribution in [0.3, 0.4) is 0 Å². The predicted molar refractivity (Wildman–Crippen MR) is 68.7 cm³/mol. The van der Waals surface area contributed by atoms with Crippen LogP contribution in [0.4, 0.5) is 0 Å². The molecule has 1 unspecified atom stereocenters. The van der Waals surface area contributed by atoms with Crippen LogP contribution in [0, 0.1) is 11.8 Å². The van der Waals surface area contributed by atoms with Crippen LogP contribution in [0.1, 0.15) is 18.4 Å². The number of hydrogen-bond donors (Lipinski definition) is 1. The smallest absolute Gasteiger partial charge is 0.221 e. The van der Waals surface area contributed by atoms with Gasteiger partial charge in [-0.25, -0.2) is 0 Å². The Balaban J connectivity index is 2.15. The normalized spacial score (nSPS) is 16.1. The third-order valence-electron chi connectivity index (χ3n) is 3.46. The molecule has 2 rings (SSSR count). The van der Waals surface area contributed by atoms with Crippen LogP contribution in [0.25, 0.3) is 0 Å². The van der Waals surface area contributed by atoms with Gasteiger partial charge in [-0.2, -0.15) is 0 Å². The van der Waals surface area contributed by atoms with Crippen LogP contribution in [-0.4, -0.2) is 20.1 Å². The monoisotopic (exact) mass is 249 g/mol. The fourth-order valence-corrected chi connectivity index (χ4v) is 2.26. The lowest BCUT2D eigenvalue weighted by molar-refractivity contribution is -0.122. The number of primary amides is 1. The molecule has 1 fully saturated rings. The molecule has 0 spiro atoms. The van der Waals surface area contributed by atoms with E-state index in [-0.39, 0.29) is 11.8 Å². The maximum absolute atomic E-state index is 11.4. The number of rotatable bonds is 6. The molecule has 2 N–H and O–H groups in total. The summed E-state index contributed by atoms with van der Waals surface area (Å²) in [6, 6.07) is 5.73. The molecule has 0 heterocycles. The highest BCUT2D eigenvalue weighted by atomic mass is 16.5. The first-order valence-corrected chi connectivity index (χ1v) is 6.16. The molecule has 4 heteroatoms. The van der Waals surface area contributed by atoms with Gasteiger partial charge in [0, 0.05) is 5.92 Å². The lowest BCUT2D eigenvalue weighted by Gasteiger charge is -2.14. The van der Waals surface area contributed by atoms with Crippen LogP contribution in [-0.2, 0) is 11.2 Å². The van der Waals surface area contributed by atoms with E-state index in [1.165, 1.54) is 0 Å². The van der Waals surface area contributed by atoms with E-state index in [1.807, 2.05) is 18.2 Å². The zero-order valence-electron chi connectivity index (χ0n) is 10.8. The largest absolute Gasteiger partial charge is 0.493 e. The fraction of sp³-hybridized carbons (Fsp3) is 0.500. The Hall–Kier alpha value is -1.71. The molecule has 1 atom stereocenters. The molecule has 18 heavy (non-hydrogen) atoms. The van der Waals surface area contributed by atoms with E-state index in [9.17, 15) is 4.79 Å². The number of methoxy groups -OCH3 is 2. The minimum atomic E-state index is -0.202. The Labute approximate surface area is 107 Å². The van der Waals surface area contributed by atoms with Crippen LogP contribution >= 0.6 is 0 Å². The molecule has 0 radical (unpaired) electrons. The second-order valence-electron chi connectivity index (χ2n) is 4.74. The highest BCUT2D eigenvalue weighted by Gasteiger charge is 2.34. The number of benzene rings is 1. The standard InChI is InChI=1S/C14H19NO3/c1-17-12-6-3-9(8-13(12)18-2)7-11(14(15)16)10-4-5-10/h3,6,8,10-11H,4-5,7H2,1-2H3,(H2,15,16). The van der Waals surface area contributed by atoms with Crippen molar-refractivity contribution in [3.8, 4) is 11.5 Å². The fourth-order valence-electron chi connectivity index (χ4n) is 2.26. The molecule has 1 aliphatic rings. The van der Waals surface area contributed by atoms with Gasteiger partial charge in [0.15, 0.2) is 11.5 Å². The second-order valence-corrected chi connectivity index (χ2v) is 4.74. The maximum Gasteiger partial charge on any atom is 0.221 e. The van der Waals surface area contributed by atoms with Crippen LogP contribution in [0.5, 0.6) is 11.5 Å². The van der Waals surface area contributed by atoms with Gasteiger partial charge in [-0.15, -0.1) is 0 Å². The van der Waals surface area contributed by atoms with E-state index >= 15 is 0 Å². The van der Waals surface area contributed by atoms with E-state index < -0.39 is 0 Å². The molecule has 0 saturated heterocycles. The van der Waals surface area contributed by atoms with Crippen molar-refractivity contribution >= 4 is 5.91 Å². The molecule has 1 amide bonds. The summed E-state index contributed by atoms with van der Waals surface area (Å²) >= 11 is 0. The average Bonchev–Trinajstić information content (AvgIpc) is 3.19. The molecule has 0 aliphatic heterocycles. The third kappa shape index (κ3) is 2.75. The van der Waals surface area contributed by atoms with Gasteiger partial charge in [0.1, 0.15) is 0 Å². The van der Waals surface area contributed by atoms with E-state index in [0.29, 0.717) is 23.8 Å². The molecule has 98 valence electrons. The minimum Gasteiger partial charge on any atom is -0.493 e. The van der Waals surface area contributed by atoms with Crippen molar-refractivity contribution in [2.75, 3.05) is 14.2 Å². The van der Waals surface area contributed by atoms with Gasteiger partial charge in [0.2, 0.25) is 5.91 Å². The van der Waals surface area contributed by atoms with E-state index in [0.717, 1.165) is 18.4 Å². The number of hydrogen-bond acceptors (Lipinski definition) is 3. The van der Waals surface area contributed by atoms with Crippen molar-refractivity contribution < 1.29 is 14.3 Å². The number of nitrogens with two attached hydrogens (primary N) is 1. The van der Waals surface area contributed by atoms with Gasteiger partial charge in [0.25, 0.3) is 0 Å². The van der Waals surface area contributed by atoms with E-state index in [2.05, 4.69) is 0 Å². The molecule has 4 nitrogen and oxygen atoms in total. The quantitative estimate of drug-likeness (QED) is 0.835. The van der Waals surface area contributed by atoms with Crippen LogP contribution < -0.4 is 15.2 Å². The van der Waals surface area contributed by atoms with Crippen molar-refractivity contribution in [2.45, 2.75) is 19.3 Å². The number of amides is 1. The first kappa shape index (κ1) is 12.7. The topological polar surface area (TPSA) is 61.5 Å². The molecule has 1 aliphatic carbocycles. The summed E-state index contributed by atoms with van der Waals surface area (Å²) in [4.78, 5) is 11.4. The Kier molecular flexibility index (Phi) is 3.75. The van der Waals surface area contributed by atoms with Crippen LogP contribution in [0.15, 0.2) is 18.2 Å². The second kappa shape index (κ2) is 5.29. The van der Waals surface area contributed by atoms with Crippen molar-refractivity contribution in [2.24, 2.45) is 17.6 Å². The third-order valence-corrected chi connectivity index (χ3v) is 3.46. The van der Waals surface area contributed by atoms with Gasteiger partial charge in [-0.05, 0) is 42.9 Å². The molecule has 1 saturated carbocycles. The van der Waals surface area contributed by atoms with E-state index in [1.54, 1.807) is 14.2 Å². The highest BCUT2D eigenvalue weighted by Crippen LogP contribution is 2.39. The summed E-state index contributed by atoms with van der Waals surface area (Å²) in [5.41, 5.74) is 6.52. The lowest BCUT2D eigenvalue weighted by Crippen LogP contribution is -2.26. The Bertz CT molecular complexity index is 441. The van der Waals surface area contributed by atoms with Gasteiger partial charge in [0.05, 0.1) is 14.2 Å². The Morgan fingerprint density at radius 3 is 2.50 bits per heavy atom. The summed E-state index contributed by atoms with van der Waals surface area (Å²) < 4.78 is 10.4. The Morgan fingerprint density at radius 2 is 2.00 bits per heavy atom. The first-order valence-electron chi connectivity index (χ1n) is 6.16. The minimum absolute atomic E-state index is 0.0527. The van der Waals surface area contributed by atoms with Crippen LogP contribution in [0.2, 0.25) is 0 Å². The summed E-state index contributed by atoms with van der Waals surface area (Å²) in [7, 11) is 3.21. The van der Waals surface area contributed by atoms with E-state index in [4.69, 9.17) is 15.2 Å². The average molecular weight is 249 g/mol. The highest BCUT2D eigenvalue weighted by molar-refractivity contribution is 5.77. The van der Waals surface area contributed by atoms with Gasteiger partial charge < -0.3 is 15.2 Å². The number of carbonyl (C=O) groups is 1. The van der Waals surface area contributed by atoms with Crippen molar-refractivity contribution in [1.82, 2.24) is 0 Å². The SMILES string of the molecule is COc1ccc(CC(C(N)=O)C2CC2)cc1OC. The summed E-state index contributed by atoms with van der Waals surface area (Å²) in [5.74, 6) is 1.60. The zero-order chi connectivity index (χ0) is 13.1. The molecular formula is C14H19NO3. The molecule has 1 aromatic rings. The van der Waals surface area contributed by atoms with Gasteiger partial charge in [-0.1, -0.05) is 6.07 Å². The number of carbonyl (C=O) groups excluding carboxylic acids is 1. The van der Waals surface area contributed by atoms with Gasteiger partial charge in [-0.3, -0.25) is 4.79 Å². The molecule has 0 bridgehead atoms. The van der Waals surface area contributed by atoms with Crippen molar-refractivity contribution in [3.63, 3.8) is 0 Å². The lowest BCUT2D eigenvalue weighted by atomic mass is 9.94. The maximum atomic E-state index is 11.4. The summed E-state index contributed by atoms with van der Waals surface area (Å²) in [6.07, 6.45) is 2.90. The predicted octanol–water partition coefficient (Wildman–Crippen LogP) is 1.76. The summed E-state index contributed by atoms with van der Waals surface area (Å²) in [5, 5.41) is 0. The number of ether oxygens (including phenoxy) is 2. The Morgan fingerprint density at radius 1 is 1.33 bits per heavy atom. The van der Waals surface area contributed by atoms with Crippen molar-refractivity contribution in [3.05, 3.63) is 23.8 Å². The molecule has 0 aromatic heterocycles.